The zero-order valence-electron chi connectivity index (χ0n) is 11.9. The molecule has 1 amide bonds. The molecule has 1 aliphatic carbocycles. The van der Waals surface area contributed by atoms with Gasteiger partial charge in [0.1, 0.15) is 0 Å². The summed E-state index contributed by atoms with van der Waals surface area (Å²) < 4.78 is 0. The van der Waals surface area contributed by atoms with E-state index in [4.69, 9.17) is 0 Å². The minimum atomic E-state index is -0.835. The lowest BCUT2D eigenvalue weighted by Crippen LogP contribution is -2.42. The van der Waals surface area contributed by atoms with Crippen molar-refractivity contribution in [3.8, 4) is 0 Å². The molecule has 110 valence electrons. The Bertz CT molecular complexity index is 593. The molecule has 21 heavy (non-hydrogen) atoms. The minimum absolute atomic E-state index is 0.0218. The van der Waals surface area contributed by atoms with Crippen LogP contribution < -0.4 is 0 Å². The van der Waals surface area contributed by atoms with E-state index in [2.05, 4.69) is 12.2 Å². The van der Waals surface area contributed by atoms with E-state index < -0.39 is 5.97 Å². The molecule has 1 N–H and O–H groups in total. The van der Waals surface area contributed by atoms with E-state index >= 15 is 0 Å². The van der Waals surface area contributed by atoms with Gasteiger partial charge in [0.05, 0.1) is 6.42 Å². The zero-order chi connectivity index (χ0) is 14.8. The number of aliphatic carboxylic acids is 1. The molecule has 2 atom stereocenters. The Hall–Kier alpha value is -2.10. The maximum Gasteiger partial charge on any atom is 0.305 e. The van der Waals surface area contributed by atoms with Gasteiger partial charge < -0.3 is 10.0 Å². The summed E-state index contributed by atoms with van der Waals surface area (Å²) >= 11 is 0. The first-order chi connectivity index (χ1) is 10.2. The number of fused-ring (bicyclic) bond motifs is 1. The van der Waals surface area contributed by atoms with Crippen LogP contribution in [0.2, 0.25) is 0 Å². The van der Waals surface area contributed by atoms with Crippen molar-refractivity contribution in [1.29, 1.82) is 0 Å². The third-order valence-electron chi connectivity index (χ3n) is 4.49. The molecule has 1 aromatic carbocycles. The van der Waals surface area contributed by atoms with Gasteiger partial charge in [-0.2, -0.15) is 0 Å². The van der Waals surface area contributed by atoms with Crippen LogP contribution in [-0.4, -0.2) is 27.9 Å². The summed E-state index contributed by atoms with van der Waals surface area (Å²) in [4.78, 5) is 25.6. The number of amides is 1. The first kappa shape index (κ1) is 13.9. The third-order valence-corrected chi connectivity index (χ3v) is 4.49. The summed E-state index contributed by atoms with van der Waals surface area (Å²) in [7, 11) is 0. The molecule has 0 saturated carbocycles. The fourth-order valence-electron chi connectivity index (χ4n) is 3.42. The molecule has 0 radical (unpaired) electrons. The molecule has 4 heteroatoms. The molecule has 4 nitrogen and oxygen atoms in total. The van der Waals surface area contributed by atoms with Crippen LogP contribution in [0.1, 0.15) is 41.6 Å². The predicted molar refractivity (Wildman–Crippen MR) is 78.8 cm³/mol. The number of carboxylic acid groups (broad SMARTS) is 1. The Morgan fingerprint density at radius 1 is 1.33 bits per heavy atom. The van der Waals surface area contributed by atoms with E-state index in [1.54, 1.807) is 4.90 Å². The van der Waals surface area contributed by atoms with Crippen molar-refractivity contribution in [3.63, 3.8) is 0 Å². The van der Waals surface area contributed by atoms with Crippen LogP contribution in [0.4, 0.5) is 0 Å². The number of carboxylic acids is 1. The van der Waals surface area contributed by atoms with E-state index in [-0.39, 0.29) is 24.3 Å². The van der Waals surface area contributed by atoms with Crippen LogP contribution >= 0.6 is 0 Å². The minimum Gasteiger partial charge on any atom is -0.481 e. The second kappa shape index (κ2) is 5.72. The second-order valence-electron chi connectivity index (χ2n) is 5.80. The number of allylic oxidation sites excluding steroid dienone is 2. The number of hydrogen-bond acceptors (Lipinski definition) is 2. The Morgan fingerprint density at radius 2 is 2.14 bits per heavy atom. The molecule has 1 aliphatic heterocycles. The van der Waals surface area contributed by atoms with Gasteiger partial charge in [0, 0.05) is 18.2 Å². The van der Waals surface area contributed by atoms with Crippen molar-refractivity contribution >= 4 is 11.9 Å². The summed E-state index contributed by atoms with van der Waals surface area (Å²) in [5, 5.41) is 9.22. The van der Waals surface area contributed by atoms with E-state index in [1.165, 1.54) is 0 Å². The SMILES string of the molecule is O=C(O)C[C@@H]([C@H]1CC=CCC1)N1Cc2ccccc2C1=O. The van der Waals surface area contributed by atoms with Crippen molar-refractivity contribution in [2.75, 3.05) is 0 Å². The topological polar surface area (TPSA) is 57.6 Å². The lowest BCUT2D eigenvalue weighted by atomic mass is 9.85. The monoisotopic (exact) mass is 285 g/mol. The van der Waals surface area contributed by atoms with Gasteiger partial charge in [-0.05, 0) is 36.8 Å². The van der Waals surface area contributed by atoms with Crippen molar-refractivity contribution in [3.05, 3.63) is 47.5 Å². The van der Waals surface area contributed by atoms with E-state index in [0.29, 0.717) is 6.54 Å². The first-order valence-electron chi connectivity index (χ1n) is 7.42. The van der Waals surface area contributed by atoms with Crippen LogP contribution in [0.5, 0.6) is 0 Å². The molecule has 0 fully saturated rings. The largest absolute Gasteiger partial charge is 0.481 e. The van der Waals surface area contributed by atoms with Crippen molar-refractivity contribution in [2.45, 2.75) is 38.3 Å². The summed E-state index contributed by atoms with van der Waals surface area (Å²) in [6.07, 6.45) is 7.05. The van der Waals surface area contributed by atoms with E-state index in [1.807, 2.05) is 24.3 Å². The van der Waals surface area contributed by atoms with Gasteiger partial charge in [0.15, 0.2) is 0 Å². The molecule has 0 aromatic heterocycles. The highest BCUT2D eigenvalue weighted by Gasteiger charge is 2.37. The zero-order valence-corrected chi connectivity index (χ0v) is 11.9. The Morgan fingerprint density at radius 3 is 2.81 bits per heavy atom. The summed E-state index contributed by atoms with van der Waals surface area (Å²) in [5.41, 5.74) is 1.73. The Balaban J connectivity index is 1.86. The average molecular weight is 285 g/mol. The highest BCUT2D eigenvalue weighted by atomic mass is 16.4. The van der Waals surface area contributed by atoms with Gasteiger partial charge in [0.25, 0.3) is 5.91 Å². The van der Waals surface area contributed by atoms with Crippen LogP contribution in [0, 0.1) is 5.92 Å². The number of nitrogens with zero attached hydrogens (tertiary/aromatic N) is 1. The summed E-state index contributed by atoms with van der Waals surface area (Å²) in [6.45, 7) is 0.535. The second-order valence-corrected chi connectivity index (χ2v) is 5.80. The van der Waals surface area contributed by atoms with E-state index in [0.717, 1.165) is 30.4 Å². The summed E-state index contributed by atoms with van der Waals surface area (Å²) in [6, 6.07) is 7.34. The molecule has 1 aromatic rings. The van der Waals surface area contributed by atoms with Crippen molar-refractivity contribution in [1.82, 2.24) is 4.90 Å². The molecule has 3 rings (SSSR count). The average Bonchev–Trinajstić information content (AvgIpc) is 2.83. The van der Waals surface area contributed by atoms with Gasteiger partial charge >= 0.3 is 5.97 Å². The highest BCUT2D eigenvalue weighted by Crippen LogP contribution is 2.33. The number of carbonyl (C=O) groups excluding carboxylic acids is 1. The number of carbonyl (C=O) groups is 2. The molecular formula is C17H19NO3. The van der Waals surface area contributed by atoms with E-state index in [9.17, 15) is 14.7 Å². The van der Waals surface area contributed by atoms with Crippen LogP contribution in [0.15, 0.2) is 36.4 Å². The number of rotatable bonds is 4. The lowest BCUT2D eigenvalue weighted by Gasteiger charge is -2.34. The number of benzene rings is 1. The van der Waals surface area contributed by atoms with Crippen LogP contribution in [0.25, 0.3) is 0 Å². The smallest absolute Gasteiger partial charge is 0.305 e. The van der Waals surface area contributed by atoms with Gasteiger partial charge in [-0.25, -0.2) is 0 Å². The molecular weight excluding hydrogens is 266 g/mol. The Labute approximate surface area is 124 Å². The molecule has 2 aliphatic rings. The van der Waals surface area contributed by atoms with Crippen LogP contribution in [-0.2, 0) is 11.3 Å². The van der Waals surface area contributed by atoms with Gasteiger partial charge in [0.2, 0.25) is 0 Å². The highest BCUT2D eigenvalue weighted by molar-refractivity contribution is 5.98. The quantitative estimate of drug-likeness (QED) is 0.865. The Kier molecular flexibility index (Phi) is 3.78. The van der Waals surface area contributed by atoms with Crippen LogP contribution in [0.3, 0.4) is 0 Å². The molecule has 0 bridgehead atoms. The predicted octanol–water partition coefficient (Wildman–Crippen LogP) is 2.84. The standard InChI is InChI=1S/C17H19NO3/c19-16(20)10-15(12-6-2-1-3-7-12)18-11-13-8-4-5-9-14(13)17(18)21/h1-2,4-5,8-9,12,15H,3,6-7,10-11H2,(H,19,20)/t12-,15-/m0/s1. The molecule has 0 spiro atoms. The fourth-order valence-corrected chi connectivity index (χ4v) is 3.42. The molecule has 0 unspecified atom stereocenters. The van der Waals surface area contributed by atoms with Gasteiger partial charge in [-0.1, -0.05) is 30.4 Å². The summed E-state index contributed by atoms with van der Waals surface area (Å²) in [5.74, 6) is -0.617. The fraction of sp³-hybridized carbons (Fsp3) is 0.412. The maximum atomic E-state index is 12.6. The molecule has 0 saturated heterocycles. The third kappa shape index (κ3) is 2.71. The molecule has 1 heterocycles. The first-order valence-corrected chi connectivity index (χ1v) is 7.42. The van der Waals surface area contributed by atoms with Crippen molar-refractivity contribution < 1.29 is 14.7 Å². The number of hydrogen-bond donors (Lipinski definition) is 1. The van der Waals surface area contributed by atoms with Gasteiger partial charge in [-0.3, -0.25) is 9.59 Å². The lowest BCUT2D eigenvalue weighted by molar-refractivity contribution is -0.138. The van der Waals surface area contributed by atoms with Crippen molar-refractivity contribution in [2.24, 2.45) is 5.92 Å². The maximum absolute atomic E-state index is 12.6. The van der Waals surface area contributed by atoms with Gasteiger partial charge in [-0.15, -0.1) is 0 Å². The normalized spacial score (nSPS) is 22.2.